The van der Waals surface area contributed by atoms with E-state index in [0.717, 1.165) is 30.9 Å². The van der Waals surface area contributed by atoms with Crippen LogP contribution in [0.3, 0.4) is 0 Å². The maximum absolute atomic E-state index is 5.66. The van der Waals surface area contributed by atoms with Crippen LogP contribution in [-0.2, 0) is 4.74 Å². The van der Waals surface area contributed by atoms with Gasteiger partial charge < -0.3 is 9.47 Å². The van der Waals surface area contributed by atoms with Crippen molar-refractivity contribution in [3.8, 4) is 5.75 Å². The first-order valence-corrected chi connectivity index (χ1v) is 7.54. The van der Waals surface area contributed by atoms with Crippen LogP contribution in [0.5, 0.6) is 5.75 Å². The summed E-state index contributed by atoms with van der Waals surface area (Å²) in [4.78, 5) is 4.66. The van der Waals surface area contributed by atoms with Crippen LogP contribution in [0, 0.1) is 6.92 Å². The highest BCUT2D eigenvalue weighted by atomic mass is 16.5. The molecule has 0 spiro atoms. The molecule has 1 aromatic rings. The van der Waals surface area contributed by atoms with Crippen LogP contribution in [0.25, 0.3) is 0 Å². The van der Waals surface area contributed by atoms with E-state index in [-0.39, 0.29) is 6.23 Å². The highest BCUT2D eigenvalue weighted by Crippen LogP contribution is 2.19. The maximum Gasteiger partial charge on any atom is 0.145 e. The van der Waals surface area contributed by atoms with Gasteiger partial charge in [0.05, 0.1) is 6.61 Å². The smallest absolute Gasteiger partial charge is 0.145 e. The summed E-state index contributed by atoms with van der Waals surface area (Å²) in [6, 6.07) is 6.21. The summed E-state index contributed by atoms with van der Waals surface area (Å²) in [5.74, 6) is 0.932. The maximum atomic E-state index is 5.66. The Morgan fingerprint density at radius 2 is 2.00 bits per heavy atom. The third-order valence-electron chi connectivity index (χ3n) is 3.06. The summed E-state index contributed by atoms with van der Waals surface area (Å²) in [5, 5.41) is 0. The lowest BCUT2D eigenvalue weighted by Gasteiger charge is -2.13. The number of ether oxygens (including phenoxy) is 2. The summed E-state index contributed by atoms with van der Waals surface area (Å²) in [7, 11) is 0. The lowest BCUT2D eigenvalue weighted by Crippen LogP contribution is -2.11. The van der Waals surface area contributed by atoms with Crippen LogP contribution in [0.2, 0.25) is 0 Å². The highest BCUT2D eigenvalue weighted by Gasteiger charge is 2.08. The minimum absolute atomic E-state index is 0.0923. The van der Waals surface area contributed by atoms with Gasteiger partial charge in [-0.15, -0.1) is 0 Å². The number of hydrogen-bond donors (Lipinski definition) is 0. The first-order valence-electron chi connectivity index (χ1n) is 7.54. The molecular formula is C17H27NO2. The van der Waals surface area contributed by atoms with E-state index in [9.17, 15) is 0 Å². The Bertz CT molecular complexity index is 441. The zero-order chi connectivity index (χ0) is 15.0. The van der Waals surface area contributed by atoms with Crippen LogP contribution in [0.4, 0.5) is 0 Å². The molecule has 0 aromatic heterocycles. The Kier molecular flexibility index (Phi) is 7.31. The SMILES string of the molecule is CCCOc1ccc(/C(CC)=N/C(C)OCC)c(C)c1. The molecular weight excluding hydrogens is 250 g/mol. The van der Waals surface area contributed by atoms with E-state index >= 15 is 0 Å². The van der Waals surface area contributed by atoms with Gasteiger partial charge in [0.15, 0.2) is 0 Å². The van der Waals surface area contributed by atoms with Crippen LogP contribution in [0.15, 0.2) is 23.2 Å². The summed E-state index contributed by atoms with van der Waals surface area (Å²) in [6.45, 7) is 11.7. The highest BCUT2D eigenvalue weighted by molar-refractivity contribution is 6.01. The molecule has 0 amide bonds. The molecule has 112 valence electrons. The molecule has 0 saturated heterocycles. The fraction of sp³-hybridized carbons (Fsp3) is 0.588. The minimum Gasteiger partial charge on any atom is -0.494 e. The molecule has 1 unspecified atom stereocenters. The average molecular weight is 277 g/mol. The van der Waals surface area contributed by atoms with Crippen molar-refractivity contribution < 1.29 is 9.47 Å². The molecule has 1 aromatic carbocycles. The minimum atomic E-state index is -0.0923. The van der Waals surface area contributed by atoms with E-state index in [1.165, 1.54) is 11.1 Å². The van der Waals surface area contributed by atoms with Crippen LogP contribution in [-0.4, -0.2) is 25.2 Å². The van der Waals surface area contributed by atoms with Crippen LogP contribution < -0.4 is 4.74 Å². The van der Waals surface area contributed by atoms with Gasteiger partial charge in [-0.1, -0.05) is 13.8 Å². The molecule has 3 heteroatoms. The Labute approximate surface area is 123 Å². The van der Waals surface area contributed by atoms with E-state index in [4.69, 9.17) is 9.47 Å². The van der Waals surface area contributed by atoms with Gasteiger partial charge >= 0.3 is 0 Å². The third kappa shape index (κ3) is 4.97. The molecule has 0 heterocycles. The van der Waals surface area contributed by atoms with E-state index in [2.05, 4.69) is 37.9 Å². The standard InChI is InChI=1S/C17H27NO2/c1-6-11-20-15-9-10-16(13(4)12-15)17(7-2)18-14(5)19-8-3/h9-10,12,14H,6-8,11H2,1-5H3/b18-17+. The Balaban J connectivity index is 2.93. The number of aryl methyl sites for hydroxylation is 1. The fourth-order valence-corrected chi connectivity index (χ4v) is 2.12. The number of aliphatic imine (C=N–C) groups is 1. The van der Waals surface area contributed by atoms with Crippen LogP contribution in [0.1, 0.15) is 51.7 Å². The molecule has 0 bridgehead atoms. The van der Waals surface area contributed by atoms with E-state index in [0.29, 0.717) is 6.61 Å². The predicted octanol–water partition coefficient (Wildman–Crippen LogP) is 4.37. The van der Waals surface area contributed by atoms with Crippen LogP contribution >= 0.6 is 0 Å². The second-order valence-corrected chi connectivity index (χ2v) is 4.81. The predicted molar refractivity (Wildman–Crippen MR) is 84.9 cm³/mol. The molecule has 3 nitrogen and oxygen atoms in total. The fourth-order valence-electron chi connectivity index (χ4n) is 2.12. The van der Waals surface area contributed by atoms with Crippen molar-refractivity contribution in [2.24, 2.45) is 4.99 Å². The molecule has 0 fully saturated rings. The van der Waals surface area contributed by atoms with E-state index in [1.807, 2.05) is 19.9 Å². The summed E-state index contributed by atoms with van der Waals surface area (Å²) >= 11 is 0. The van der Waals surface area contributed by atoms with Gasteiger partial charge in [-0.05, 0) is 62.9 Å². The van der Waals surface area contributed by atoms with Crippen molar-refractivity contribution in [2.75, 3.05) is 13.2 Å². The average Bonchev–Trinajstić information content (AvgIpc) is 2.43. The molecule has 0 aliphatic heterocycles. The number of rotatable bonds is 8. The summed E-state index contributed by atoms with van der Waals surface area (Å²) < 4.78 is 11.2. The van der Waals surface area contributed by atoms with Crippen molar-refractivity contribution in [1.82, 2.24) is 0 Å². The number of benzene rings is 1. The van der Waals surface area contributed by atoms with Gasteiger partial charge in [-0.3, -0.25) is 4.99 Å². The monoisotopic (exact) mass is 277 g/mol. The normalized spacial score (nSPS) is 13.3. The van der Waals surface area contributed by atoms with E-state index in [1.54, 1.807) is 0 Å². The largest absolute Gasteiger partial charge is 0.494 e. The summed E-state index contributed by atoms with van der Waals surface area (Å²) in [6.07, 6.45) is 1.83. The Hall–Kier alpha value is -1.35. The van der Waals surface area contributed by atoms with Crippen molar-refractivity contribution in [2.45, 2.75) is 53.7 Å². The van der Waals surface area contributed by atoms with Gasteiger partial charge in [-0.25, -0.2) is 0 Å². The third-order valence-corrected chi connectivity index (χ3v) is 3.06. The van der Waals surface area contributed by atoms with Crippen molar-refractivity contribution >= 4 is 5.71 Å². The molecule has 1 rings (SSSR count). The van der Waals surface area contributed by atoms with Gasteiger partial charge in [0.2, 0.25) is 0 Å². The van der Waals surface area contributed by atoms with Crippen molar-refractivity contribution in [3.05, 3.63) is 29.3 Å². The quantitative estimate of drug-likeness (QED) is 0.661. The van der Waals surface area contributed by atoms with Crippen molar-refractivity contribution in [1.29, 1.82) is 0 Å². The zero-order valence-electron chi connectivity index (χ0n) is 13.4. The molecule has 0 saturated carbocycles. The first kappa shape index (κ1) is 16.7. The molecule has 0 N–H and O–H groups in total. The lowest BCUT2D eigenvalue weighted by atomic mass is 10.0. The lowest BCUT2D eigenvalue weighted by molar-refractivity contribution is 0.0831. The Morgan fingerprint density at radius 3 is 2.55 bits per heavy atom. The zero-order valence-corrected chi connectivity index (χ0v) is 13.4. The molecule has 0 aliphatic carbocycles. The number of hydrogen-bond acceptors (Lipinski definition) is 3. The van der Waals surface area contributed by atoms with Crippen molar-refractivity contribution in [3.63, 3.8) is 0 Å². The summed E-state index contributed by atoms with van der Waals surface area (Å²) in [5.41, 5.74) is 3.47. The second-order valence-electron chi connectivity index (χ2n) is 4.81. The molecule has 0 radical (unpaired) electrons. The van der Waals surface area contributed by atoms with E-state index < -0.39 is 0 Å². The van der Waals surface area contributed by atoms with Gasteiger partial charge in [0, 0.05) is 12.3 Å². The molecule has 1 atom stereocenters. The van der Waals surface area contributed by atoms with Gasteiger partial charge in [0.1, 0.15) is 12.0 Å². The first-order chi connectivity index (χ1) is 9.62. The van der Waals surface area contributed by atoms with Gasteiger partial charge in [-0.2, -0.15) is 0 Å². The Morgan fingerprint density at radius 1 is 1.25 bits per heavy atom. The second kappa shape index (κ2) is 8.75. The topological polar surface area (TPSA) is 30.8 Å². The number of nitrogens with zero attached hydrogens (tertiary/aromatic N) is 1. The van der Waals surface area contributed by atoms with Gasteiger partial charge in [0.25, 0.3) is 0 Å². The molecule has 0 aliphatic rings. The molecule has 20 heavy (non-hydrogen) atoms.